The Morgan fingerprint density at radius 2 is 1.72 bits per heavy atom. The summed E-state index contributed by atoms with van der Waals surface area (Å²) < 4.78 is 3.37. The lowest BCUT2D eigenvalue weighted by Crippen LogP contribution is -2.44. The van der Waals surface area contributed by atoms with Gasteiger partial charge >= 0.3 is 0 Å². The van der Waals surface area contributed by atoms with E-state index in [9.17, 15) is 0 Å². The Hall–Kier alpha value is -2.11. The van der Waals surface area contributed by atoms with Gasteiger partial charge in [-0.25, -0.2) is 0 Å². The van der Waals surface area contributed by atoms with Gasteiger partial charge in [-0.2, -0.15) is 0 Å². The molecule has 1 N–H and O–H groups in total. The molecule has 0 fully saturated rings. The van der Waals surface area contributed by atoms with E-state index in [1.807, 2.05) is 30.3 Å². The van der Waals surface area contributed by atoms with Crippen molar-refractivity contribution in [3.8, 4) is 0 Å². The smallest absolute Gasteiger partial charge is 0.174 e. The first-order chi connectivity index (χ1) is 12.2. The fourth-order valence-corrected chi connectivity index (χ4v) is 3.90. The lowest BCUT2D eigenvalue weighted by Gasteiger charge is -2.39. The van der Waals surface area contributed by atoms with Crippen molar-refractivity contribution in [2.45, 2.75) is 12.6 Å². The van der Waals surface area contributed by atoms with Gasteiger partial charge in [-0.3, -0.25) is 0 Å². The molecule has 1 aliphatic rings. The van der Waals surface area contributed by atoms with Crippen LogP contribution in [-0.4, -0.2) is 21.1 Å². The fourth-order valence-electron chi connectivity index (χ4n) is 3.32. The molecule has 0 saturated heterocycles. The maximum Gasteiger partial charge on any atom is 0.174 e. The third kappa shape index (κ3) is 3.34. The molecule has 1 aliphatic heterocycles. The van der Waals surface area contributed by atoms with Crippen LogP contribution in [-0.2, 0) is 6.54 Å². The zero-order valence-electron chi connectivity index (χ0n) is 13.6. The molecule has 1 aromatic heterocycles. The first-order valence-electron chi connectivity index (χ1n) is 8.25. The van der Waals surface area contributed by atoms with Gasteiger partial charge in [0.1, 0.15) is 0 Å². The molecule has 0 amide bonds. The van der Waals surface area contributed by atoms with Crippen LogP contribution in [0, 0.1) is 0 Å². The number of halogens is 1. The Morgan fingerprint density at radius 1 is 0.960 bits per heavy atom. The normalized spacial score (nSPS) is 16.4. The van der Waals surface area contributed by atoms with Crippen LogP contribution in [0.2, 0.25) is 0 Å². The molecule has 25 heavy (non-hydrogen) atoms. The monoisotopic (exact) mass is 411 g/mol. The van der Waals surface area contributed by atoms with Crippen molar-refractivity contribution in [2.24, 2.45) is 0 Å². The van der Waals surface area contributed by atoms with E-state index in [1.54, 1.807) is 0 Å². The Bertz CT molecular complexity index is 873. The molecule has 1 atom stereocenters. The second-order valence-corrected chi connectivity index (χ2v) is 7.37. The summed E-state index contributed by atoms with van der Waals surface area (Å²) in [5.41, 5.74) is 3.53. The molecule has 3 aromatic rings. The molecule has 0 unspecified atom stereocenters. The topological polar surface area (TPSA) is 20.2 Å². The molecule has 2 heterocycles. The number of benzene rings is 2. The highest BCUT2D eigenvalue weighted by Crippen LogP contribution is 2.32. The van der Waals surface area contributed by atoms with Crippen LogP contribution >= 0.6 is 28.1 Å². The summed E-state index contributed by atoms with van der Waals surface area (Å²) >= 11 is 9.23. The predicted octanol–water partition coefficient (Wildman–Crippen LogP) is 5.05. The van der Waals surface area contributed by atoms with Crippen molar-refractivity contribution < 1.29 is 0 Å². The molecule has 5 heteroatoms. The zero-order valence-corrected chi connectivity index (χ0v) is 16.0. The number of nitrogens with one attached hydrogen (secondary N) is 1. The van der Waals surface area contributed by atoms with Crippen LogP contribution in [0.25, 0.3) is 0 Å². The summed E-state index contributed by atoms with van der Waals surface area (Å²) in [5, 5.41) is 4.14. The maximum absolute atomic E-state index is 5.76. The van der Waals surface area contributed by atoms with E-state index >= 15 is 0 Å². The SMILES string of the molecule is S=C(Nc1ccc(Br)cc1)N1CCn2cccc2[C@H]1c1ccccc1. The van der Waals surface area contributed by atoms with Gasteiger partial charge in [0.05, 0.1) is 6.04 Å². The molecule has 4 rings (SSSR count). The lowest BCUT2D eigenvalue weighted by molar-refractivity contribution is 0.293. The number of rotatable bonds is 2. The highest BCUT2D eigenvalue weighted by atomic mass is 79.9. The van der Waals surface area contributed by atoms with E-state index in [-0.39, 0.29) is 6.04 Å². The van der Waals surface area contributed by atoms with Gasteiger partial charge in [-0.1, -0.05) is 46.3 Å². The van der Waals surface area contributed by atoms with Crippen molar-refractivity contribution in [1.82, 2.24) is 9.47 Å². The standard InChI is InChI=1S/C20H18BrN3S/c21-16-8-10-17(11-9-16)22-20(25)24-14-13-23-12-4-7-18(23)19(24)15-5-2-1-3-6-15/h1-12,19H,13-14H2,(H,22,25)/t19-/m1/s1. The fraction of sp³-hybridized carbons (Fsp3) is 0.150. The average Bonchev–Trinajstić information content (AvgIpc) is 3.12. The van der Waals surface area contributed by atoms with Gasteiger partial charge in [0.15, 0.2) is 5.11 Å². The van der Waals surface area contributed by atoms with E-state index in [1.165, 1.54) is 11.3 Å². The molecular weight excluding hydrogens is 394 g/mol. The summed E-state index contributed by atoms with van der Waals surface area (Å²) in [6, 6.07) is 23.1. The van der Waals surface area contributed by atoms with E-state index < -0.39 is 0 Å². The number of hydrogen-bond donors (Lipinski definition) is 1. The highest BCUT2D eigenvalue weighted by molar-refractivity contribution is 9.10. The number of aromatic nitrogens is 1. The van der Waals surface area contributed by atoms with Crippen LogP contribution in [0.3, 0.4) is 0 Å². The van der Waals surface area contributed by atoms with Crippen LogP contribution in [0.4, 0.5) is 5.69 Å². The first-order valence-corrected chi connectivity index (χ1v) is 9.46. The van der Waals surface area contributed by atoms with Crippen LogP contribution in [0.1, 0.15) is 17.3 Å². The minimum Gasteiger partial charge on any atom is -0.348 e. The minimum absolute atomic E-state index is 0.125. The number of hydrogen-bond acceptors (Lipinski definition) is 1. The van der Waals surface area contributed by atoms with Crippen LogP contribution in [0.5, 0.6) is 0 Å². The Labute approximate surface area is 161 Å². The molecule has 2 aromatic carbocycles. The van der Waals surface area contributed by atoms with Crippen LogP contribution in [0.15, 0.2) is 77.4 Å². The summed E-state index contributed by atoms with van der Waals surface area (Å²) in [5.74, 6) is 0. The quantitative estimate of drug-likeness (QED) is 0.595. The molecule has 0 aliphatic carbocycles. The summed E-state index contributed by atoms with van der Waals surface area (Å²) in [6.45, 7) is 1.82. The predicted molar refractivity (Wildman–Crippen MR) is 110 cm³/mol. The molecule has 126 valence electrons. The number of nitrogens with zero attached hydrogens (tertiary/aromatic N) is 2. The van der Waals surface area contributed by atoms with Gasteiger partial charge in [0.2, 0.25) is 0 Å². The van der Waals surface area contributed by atoms with Gasteiger partial charge in [0.25, 0.3) is 0 Å². The Balaban J connectivity index is 1.65. The zero-order chi connectivity index (χ0) is 17.2. The molecule has 0 radical (unpaired) electrons. The second kappa shape index (κ2) is 7.02. The van der Waals surface area contributed by atoms with Gasteiger partial charge in [-0.15, -0.1) is 0 Å². The third-order valence-corrected chi connectivity index (χ3v) is 5.38. The first kappa shape index (κ1) is 16.4. The largest absolute Gasteiger partial charge is 0.348 e. The second-order valence-electron chi connectivity index (χ2n) is 6.07. The van der Waals surface area contributed by atoms with Gasteiger partial charge < -0.3 is 14.8 Å². The lowest BCUT2D eigenvalue weighted by atomic mass is 10.0. The van der Waals surface area contributed by atoms with E-state index in [0.29, 0.717) is 0 Å². The average molecular weight is 412 g/mol. The van der Waals surface area contributed by atoms with Crippen molar-refractivity contribution in [2.75, 3.05) is 11.9 Å². The third-order valence-electron chi connectivity index (χ3n) is 4.51. The van der Waals surface area contributed by atoms with Crippen molar-refractivity contribution in [1.29, 1.82) is 0 Å². The molecule has 0 saturated carbocycles. The minimum atomic E-state index is 0.125. The number of fused-ring (bicyclic) bond motifs is 1. The van der Waals surface area contributed by atoms with Crippen molar-refractivity contribution in [3.63, 3.8) is 0 Å². The van der Waals surface area contributed by atoms with Crippen LogP contribution < -0.4 is 5.32 Å². The summed E-state index contributed by atoms with van der Waals surface area (Å²) in [7, 11) is 0. The highest BCUT2D eigenvalue weighted by Gasteiger charge is 2.30. The van der Waals surface area contributed by atoms with Gasteiger partial charge in [0, 0.05) is 35.1 Å². The molecular formula is C20H18BrN3S. The summed E-state index contributed by atoms with van der Waals surface area (Å²) in [6.07, 6.45) is 2.15. The Kier molecular flexibility index (Phi) is 4.59. The van der Waals surface area contributed by atoms with Crippen molar-refractivity contribution >= 4 is 38.9 Å². The van der Waals surface area contributed by atoms with E-state index in [0.717, 1.165) is 28.4 Å². The maximum atomic E-state index is 5.76. The Morgan fingerprint density at radius 3 is 2.48 bits per heavy atom. The van der Waals surface area contributed by atoms with E-state index in [4.69, 9.17) is 12.2 Å². The molecule has 0 spiro atoms. The number of anilines is 1. The number of thiocarbonyl (C=S) groups is 1. The van der Waals surface area contributed by atoms with Gasteiger partial charge in [-0.05, 0) is 54.2 Å². The van der Waals surface area contributed by atoms with E-state index in [2.05, 4.69) is 73.3 Å². The molecule has 0 bridgehead atoms. The summed E-state index contributed by atoms with van der Waals surface area (Å²) in [4.78, 5) is 2.28. The van der Waals surface area contributed by atoms with Crippen molar-refractivity contribution in [3.05, 3.63) is 88.7 Å². The molecule has 3 nitrogen and oxygen atoms in total.